The van der Waals surface area contributed by atoms with Crippen molar-refractivity contribution in [3.05, 3.63) is 29.3 Å². The molecule has 1 aromatic rings. The maximum Gasteiger partial charge on any atom is 0.161 e. The minimum Gasteiger partial charge on any atom is -0.504 e. The Morgan fingerprint density at radius 1 is 1.25 bits per heavy atom. The van der Waals surface area contributed by atoms with Crippen LogP contribution in [0.4, 0.5) is 0 Å². The van der Waals surface area contributed by atoms with Crippen molar-refractivity contribution >= 4 is 6.08 Å². The predicted molar refractivity (Wildman–Crippen MR) is 81.1 cm³/mol. The summed E-state index contributed by atoms with van der Waals surface area (Å²) >= 11 is 0. The summed E-state index contributed by atoms with van der Waals surface area (Å²) in [5, 5.41) is 9.67. The first-order chi connectivity index (χ1) is 9.78. The molecule has 0 spiro atoms. The van der Waals surface area contributed by atoms with Crippen LogP contribution in [0.2, 0.25) is 0 Å². The van der Waals surface area contributed by atoms with Crippen molar-refractivity contribution < 1.29 is 9.84 Å². The Bertz CT molecular complexity index is 506. The van der Waals surface area contributed by atoms with Crippen LogP contribution in [0.1, 0.15) is 37.7 Å². The molecule has 1 aliphatic carbocycles. The topological polar surface area (TPSA) is 32.7 Å². The zero-order valence-electron chi connectivity index (χ0n) is 12.1. The number of rotatable bonds is 3. The van der Waals surface area contributed by atoms with E-state index in [2.05, 4.69) is 11.0 Å². The number of benzene rings is 1. The molecular weight excluding hydrogens is 250 g/mol. The largest absolute Gasteiger partial charge is 0.504 e. The zero-order chi connectivity index (χ0) is 13.9. The third-order valence-electron chi connectivity index (χ3n) is 4.51. The molecule has 1 atom stereocenters. The van der Waals surface area contributed by atoms with Crippen LogP contribution in [-0.4, -0.2) is 36.2 Å². The second-order valence-electron chi connectivity index (χ2n) is 5.80. The molecule has 0 amide bonds. The number of aromatic hydroxyl groups is 1. The highest BCUT2D eigenvalue weighted by molar-refractivity contribution is 5.59. The van der Waals surface area contributed by atoms with Gasteiger partial charge in [0.25, 0.3) is 0 Å². The Kier molecular flexibility index (Phi) is 3.97. The highest BCUT2D eigenvalue weighted by Gasteiger charge is 2.28. The Labute approximate surface area is 120 Å². The third kappa shape index (κ3) is 2.68. The molecule has 2 aliphatic rings. The second-order valence-corrected chi connectivity index (χ2v) is 5.80. The molecule has 1 aromatic carbocycles. The second kappa shape index (κ2) is 5.88. The van der Waals surface area contributed by atoms with E-state index in [1.807, 2.05) is 12.1 Å². The van der Waals surface area contributed by atoms with Crippen molar-refractivity contribution in [3.8, 4) is 11.5 Å². The fourth-order valence-electron chi connectivity index (χ4n) is 3.25. The van der Waals surface area contributed by atoms with Crippen molar-refractivity contribution in [2.45, 2.75) is 38.1 Å². The molecule has 3 nitrogen and oxygen atoms in total. The van der Waals surface area contributed by atoms with E-state index in [9.17, 15) is 5.11 Å². The molecule has 1 N–H and O–H groups in total. The maximum atomic E-state index is 9.67. The maximum absolute atomic E-state index is 9.67. The van der Waals surface area contributed by atoms with Crippen molar-refractivity contribution in [3.63, 3.8) is 0 Å². The highest BCUT2D eigenvalue weighted by atomic mass is 16.5. The first kappa shape index (κ1) is 13.5. The van der Waals surface area contributed by atoms with Crippen LogP contribution in [0, 0.1) is 0 Å². The van der Waals surface area contributed by atoms with Crippen LogP contribution < -0.4 is 4.74 Å². The lowest BCUT2D eigenvalue weighted by Crippen LogP contribution is -2.46. The predicted octanol–water partition coefficient (Wildman–Crippen LogP) is 3.43. The lowest BCUT2D eigenvalue weighted by molar-refractivity contribution is 0.121. The summed E-state index contributed by atoms with van der Waals surface area (Å²) in [5.74, 6) is 0.758. The van der Waals surface area contributed by atoms with Gasteiger partial charge in [0.15, 0.2) is 11.5 Å². The number of phenolic OH excluding ortho intramolecular Hbond substituents is 1. The number of methoxy groups -OCH3 is 1. The summed E-state index contributed by atoms with van der Waals surface area (Å²) in [5.41, 5.74) is 2.67. The van der Waals surface area contributed by atoms with Crippen molar-refractivity contribution in [1.82, 2.24) is 4.90 Å². The molecular formula is C17H23NO2. The smallest absolute Gasteiger partial charge is 0.161 e. The van der Waals surface area contributed by atoms with E-state index in [0.717, 1.165) is 5.56 Å². The molecule has 2 fully saturated rings. The number of ether oxygens (including phenoxy) is 1. The Morgan fingerprint density at radius 2 is 2.10 bits per heavy atom. The van der Waals surface area contributed by atoms with Crippen molar-refractivity contribution in [2.24, 2.45) is 0 Å². The van der Waals surface area contributed by atoms with Gasteiger partial charge in [-0.05, 0) is 56.5 Å². The molecule has 3 rings (SSSR count). The Balaban J connectivity index is 1.84. The van der Waals surface area contributed by atoms with E-state index >= 15 is 0 Å². The van der Waals surface area contributed by atoms with E-state index in [4.69, 9.17) is 4.74 Å². The highest BCUT2D eigenvalue weighted by Crippen LogP contribution is 2.33. The summed E-state index contributed by atoms with van der Waals surface area (Å²) in [6.07, 6.45) is 8.77. The molecule has 1 heterocycles. The zero-order valence-corrected chi connectivity index (χ0v) is 12.1. The van der Waals surface area contributed by atoms with Gasteiger partial charge in [-0.3, -0.25) is 4.90 Å². The number of hydrogen-bond acceptors (Lipinski definition) is 3. The molecule has 0 radical (unpaired) electrons. The van der Waals surface area contributed by atoms with E-state index in [0.29, 0.717) is 11.8 Å². The molecule has 3 heteroatoms. The minimum absolute atomic E-state index is 0.206. The van der Waals surface area contributed by atoms with Gasteiger partial charge >= 0.3 is 0 Å². The molecule has 0 bridgehead atoms. The molecule has 108 valence electrons. The van der Waals surface area contributed by atoms with Gasteiger partial charge in [-0.1, -0.05) is 24.1 Å². The van der Waals surface area contributed by atoms with Gasteiger partial charge in [-0.2, -0.15) is 0 Å². The van der Waals surface area contributed by atoms with Gasteiger partial charge < -0.3 is 9.84 Å². The van der Waals surface area contributed by atoms with Crippen molar-refractivity contribution in [1.29, 1.82) is 0 Å². The van der Waals surface area contributed by atoms with Crippen LogP contribution in [0.25, 0.3) is 6.08 Å². The van der Waals surface area contributed by atoms with Crippen LogP contribution in [0.5, 0.6) is 11.5 Å². The molecule has 1 unspecified atom stereocenters. The number of nitrogens with zero attached hydrogens (tertiary/aromatic N) is 1. The van der Waals surface area contributed by atoms with Crippen LogP contribution in [-0.2, 0) is 0 Å². The molecule has 20 heavy (non-hydrogen) atoms. The van der Waals surface area contributed by atoms with E-state index < -0.39 is 0 Å². The fourth-order valence-corrected chi connectivity index (χ4v) is 3.25. The van der Waals surface area contributed by atoms with Gasteiger partial charge in [0.2, 0.25) is 0 Å². The van der Waals surface area contributed by atoms with E-state index in [1.54, 1.807) is 18.7 Å². The Morgan fingerprint density at radius 3 is 2.80 bits per heavy atom. The fraction of sp³-hybridized carbons (Fsp3) is 0.529. The van der Waals surface area contributed by atoms with Gasteiger partial charge in [0.05, 0.1) is 7.11 Å². The van der Waals surface area contributed by atoms with E-state index in [1.165, 1.54) is 45.2 Å². The van der Waals surface area contributed by atoms with Crippen LogP contribution in [0.3, 0.4) is 0 Å². The van der Waals surface area contributed by atoms with Gasteiger partial charge in [-0.15, -0.1) is 0 Å². The van der Waals surface area contributed by atoms with Crippen LogP contribution in [0.15, 0.2) is 23.8 Å². The minimum atomic E-state index is 0.206. The first-order valence-corrected chi connectivity index (χ1v) is 7.59. The average Bonchev–Trinajstić information content (AvgIpc) is 2.41. The SMILES string of the molecule is COc1cc(/C=C2\CCCCC2N2CCC2)ccc1O. The summed E-state index contributed by atoms with van der Waals surface area (Å²) in [6, 6.07) is 6.24. The van der Waals surface area contributed by atoms with Gasteiger partial charge in [0.1, 0.15) is 0 Å². The Hall–Kier alpha value is -1.48. The van der Waals surface area contributed by atoms with Gasteiger partial charge in [-0.25, -0.2) is 0 Å². The quantitative estimate of drug-likeness (QED) is 0.915. The monoisotopic (exact) mass is 273 g/mol. The molecule has 1 saturated carbocycles. The summed E-state index contributed by atoms with van der Waals surface area (Å²) in [4.78, 5) is 2.60. The number of hydrogen-bond donors (Lipinski definition) is 1. The standard InChI is InChI=1S/C17H23NO2/c1-20-17-12-13(7-8-16(17)19)11-14-5-2-3-6-15(14)18-9-4-10-18/h7-8,11-12,15,19H,2-6,9-10H2,1H3/b14-11+. The van der Waals surface area contributed by atoms with Gasteiger partial charge in [0, 0.05) is 6.04 Å². The number of phenols is 1. The lowest BCUT2D eigenvalue weighted by Gasteiger charge is -2.42. The average molecular weight is 273 g/mol. The first-order valence-electron chi connectivity index (χ1n) is 7.59. The normalized spacial score (nSPS) is 25.4. The van der Waals surface area contributed by atoms with Crippen molar-refractivity contribution in [2.75, 3.05) is 20.2 Å². The third-order valence-corrected chi connectivity index (χ3v) is 4.51. The summed E-state index contributed by atoms with van der Waals surface area (Å²) < 4.78 is 5.19. The molecule has 0 aromatic heterocycles. The lowest BCUT2D eigenvalue weighted by atomic mass is 9.86. The number of likely N-dealkylation sites (tertiary alicyclic amines) is 1. The van der Waals surface area contributed by atoms with E-state index in [-0.39, 0.29) is 5.75 Å². The molecule has 1 aliphatic heterocycles. The summed E-state index contributed by atoms with van der Waals surface area (Å²) in [6.45, 7) is 2.50. The summed E-state index contributed by atoms with van der Waals surface area (Å²) in [7, 11) is 1.59. The van der Waals surface area contributed by atoms with Crippen LogP contribution >= 0.6 is 0 Å². The molecule has 1 saturated heterocycles.